The van der Waals surface area contributed by atoms with Crippen LogP contribution in [0.25, 0.3) is 0 Å². The molecule has 0 unspecified atom stereocenters. The molecule has 0 saturated heterocycles. The van der Waals surface area contributed by atoms with Gasteiger partial charge in [-0.1, -0.05) is 12.1 Å². The van der Waals surface area contributed by atoms with Gasteiger partial charge in [-0.25, -0.2) is 0 Å². The van der Waals surface area contributed by atoms with E-state index in [9.17, 15) is 4.79 Å². The molecule has 80 valence electrons. The van der Waals surface area contributed by atoms with Crippen molar-refractivity contribution < 1.29 is 9.90 Å². The molecular formula is C10H13N3O2. The molecule has 5 heteroatoms. The minimum Gasteiger partial charge on any atom is -0.481 e. The molecule has 0 atom stereocenters. The van der Waals surface area contributed by atoms with Gasteiger partial charge in [-0.05, 0) is 17.7 Å². The number of carboxylic acids is 1. The summed E-state index contributed by atoms with van der Waals surface area (Å²) < 4.78 is 0. The van der Waals surface area contributed by atoms with E-state index >= 15 is 0 Å². The predicted octanol–water partition coefficient (Wildman–Crippen LogP) is 0.880. The highest BCUT2D eigenvalue weighted by atomic mass is 16.4. The summed E-state index contributed by atoms with van der Waals surface area (Å²) in [4.78, 5) is 10.4. The molecule has 0 aliphatic carbocycles. The lowest BCUT2D eigenvalue weighted by Crippen LogP contribution is -2.25. The van der Waals surface area contributed by atoms with E-state index in [0.29, 0.717) is 0 Å². The van der Waals surface area contributed by atoms with Crippen LogP contribution in [0, 0.1) is 5.41 Å². The topological polar surface area (TPSA) is 85.2 Å². The van der Waals surface area contributed by atoms with Crippen LogP contribution < -0.4 is 10.6 Å². The van der Waals surface area contributed by atoms with Crippen LogP contribution in [0.3, 0.4) is 0 Å². The lowest BCUT2D eigenvalue weighted by molar-refractivity contribution is -0.136. The number of rotatable bonds is 3. The van der Waals surface area contributed by atoms with Crippen molar-refractivity contribution in [2.24, 2.45) is 0 Å². The van der Waals surface area contributed by atoms with E-state index in [1.165, 1.54) is 0 Å². The zero-order valence-electron chi connectivity index (χ0n) is 8.37. The molecule has 1 aromatic carbocycles. The maximum atomic E-state index is 10.4. The van der Waals surface area contributed by atoms with Gasteiger partial charge < -0.3 is 15.7 Å². The van der Waals surface area contributed by atoms with Crippen molar-refractivity contribution in [2.45, 2.75) is 6.42 Å². The van der Waals surface area contributed by atoms with Gasteiger partial charge in [0.2, 0.25) is 0 Å². The highest BCUT2D eigenvalue weighted by Gasteiger charge is 2.00. The van der Waals surface area contributed by atoms with Gasteiger partial charge in [-0.15, -0.1) is 0 Å². The summed E-state index contributed by atoms with van der Waals surface area (Å²) in [6.45, 7) is 0. The summed E-state index contributed by atoms with van der Waals surface area (Å²) in [7, 11) is 1.65. The van der Waals surface area contributed by atoms with Crippen LogP contribution >= 0.6 is 0 Å². The Bertz CT molecular complexity index is 359. The molecule has 0 spiro atoms. The Morgan fingerprint density at radius 2 is 2.00 bits per heavy atom. The Balaban J connectivity index is 2.64. The fourth-order valence-corrected chi connectivity index (χ4v) is 1.09. The van der Waals surface area contributed by atoms with E-state index in [1.54, 1.807) is 31.3 Å². The van der Waals surface area contributed by atoms with Crippen molar-refractivity contribution in [3.63, 3.8) is 0 Å². The molecule has 0 bridgehead atoms. The molecule has 1 rings (SSSR count). The molecule has 0 aliphatic heterocycles. The van der Waals surface area contributed by atoms with Crippen molar-refractivity contribution in [3.05, 3.63) is 29.8 Å². The van der Waals surface area contributed by atoms with Crippen LogP contribution in [-0.4, -0.2) is 24.1 Å². The zero-order valence-corrected chi connectivity index (χ0v) is 8.37. The first-order chi connectivity index (χ1) is 7.11. The zero-order chi connectivity index (χ0) is 11.3. The van der Waals surface area contributed by atoms with Gasteiger partial charge in [-0.2, -0.15) is 0 Å². The maximum absolute atomic E-state index is 10.4. The Labute approximate surface area is 87.6 Å². The summed E-state index contributed by atoms with van der Waals surface area (Å²) in [5, 5.41) is 21.3. The lowest BCUT2D eigenvalue weighted by Gasteiger charge is -2.07. The minimum absolute atomic E-state index is 0.0176. The maximum Gasteiger partial charge on any atom is 0.307 e. The van der Waals surface area contributed by atoms with Crippen LogP contribution in [0.5, 0.6) is 0 Å². The first-order valence-electron chi connectivity index (χ1n) is 4.46. The van der Waals surface area contributed by atoms with Gasteiger partial charge in [0.1, 0.15) is 0 Å². The normalized spacial score (nSPS) is 9.40. The Kier molecular flexibility index (Phi) is 3.68. The summed E-state index contributed by atoms with van der Waals surface area (Å²) in [5.74, 6) is -0.653. The summed E-state index contributed by atoms with van der Waals surface area (Å²) in [5.41, 5.74) is 1.49. The lowest BCUT2D eigenvalue weighted by atomic mass is 10.1. The average Bonchev–Trinajstić information content (AvgIpc) is 2.20. The first kappa shape index (κ1) is 11.0. The molecule has 1 aromatic rings. The van der Waals surface area contributed by atoms with E-state index in [1.807, 2.05) is 0 Å². The molecule has 0 heterocycles. The SMILES string of the molecule is CNC(=N)Nc1ccc(CC(=O)O)cc1. The summed E-state index contributed by atoms with van der Waals surface area (Å²) in [6, 6.07) is 6.92. The monoisotopic (exact) mass is 207 g/mol. The van der Waals surface area contributed by atoms with Gasteiger partial charge >= 0.3 is 5.97 Å². The number of carboxylic acid groups (broad SMARTS) is 1. The molecule has 4 N–H and O–H groups in total. The number of nitrogens with one attached hydrogen (secondary N) is 3. The smallest absolute Gasteiger partial charge is 0.307 e. The van der Waals surface area contributed by atoms with Crippen LogP contribution in [0.15, 0.2) is 24.3 Å². The van der Waals surface area contributed by atoms with Crippen molar-refractivity contribution >= 4 is 17.6 Å². The van der Waals surface area contributed by atoms with Gasteiger partial charge in [0.05, 0.1) is 6.42 Å². The average molecular weight is 207 g/mol. The van der Waals surface area contributed by atoms with Crippen molar-refractivity contribution in [2.75, 3.05) is 12.4 Å². The predicted molar refractivity (Wildman–Crippen MR) is 58.2 cm³/mol. The van der Waals surface area contributed by atoms with Crippen LogP contribution in [-0.2, 0) is 11.2 Å². The van der Waals surface area contributed by atoms with Crippen LogP contribution in [0.1, 0.15) is 5.56 Å². The van der Waals surface area contributed by atoms with E-state index in [4.69, 9.17) is 10.5 Å². The quantitative estimate of drug-likeness (QED) is 0.438. The highest BCUT2D eigenvalue weighted by molar-refractivity contribution is 5.90. The number of hydrogen-bond donors (Lipinski definition) is 4. The van der Waals surface area contributed by atoms with Gasteiger partial charge in [-0.3, -0.25) is 10.2 Å². The van der Waals surface area contributed by atoms with E-state index < -0.39 is 5.97 Å². The molecule has 0 aliphatic rings. The van der Waals surface area contributed by atoms with Crippen LogP contribution in [0.4, 0.5) is 5.69 Å². The third-order valence-corrected chi connectivity index (χ3v) is 1.83. The van der Waals surface area contributed by atoms with E-state index in [0.717, 1.165) is 11.3 Å². The molecule has 5 nitrogen and oxygen atoms in total. The Hall–Kier alpha value is -2.04. The van der Waals surface area contributed by atoms with Gasteiger partial charge in [0.25, 0.3) is 0 Å². The van der Waals surface area contributed by atoms with E-state index in [2.05, 4.69) is 10.6 Å². The highest BCUT2D eigenvalue weighted by Crippen LogP contribution is 2.09. The summed E-state index contributed by atoms with van der Waals surface area (Å²) >= 11 is 0. The second-order valence-corrected chi connectivity index (χ2v) is 3.02. The van der Waals surface area contributed by atoms with Crippen molar-refractivity contribution in [3.8, 4) is 0 Å². The second kappa shape index (κ2) is 4.99. The second-order valence-electron chi connectivity index (χ2n) is 3.02. The third kappa shape index (κ3) is 3.68. The van der Waals surface area contributed by atoms with E-state index in [-0.39, 0.29) is 12.4 Å². The molecule has 0 amide bonds. The molecule has 15 heavy (non-hydrogen) atoms. The fourth-order valence-electron chi connectivity index (χ4n) is 1.09. The molecule has 0 saturated carbocycles. The fraction of sp³-hybridized carbons (Fsp3) is 0.200. The third-order valence-electron chi connectivity index (χ3n) is 1.83. The number of carbonyl (C=O) groups is 1. The Morgan fingerprint density at radius 1 is 1.40 bits per heavy atom. The number of benzene rings is 1. The molecular weight excluding hydrogens is 194 g/mol. The largest absolute Gasteiger partial charge is 0.481 e. The van der Waals surface area contributed by atoms with Gasteiger partial charge in [0.15, 0.2) is 5.96 Å². The standard InChI is InChI=1S/C10H13N3O2/c1-12-10(11)13-8-4-2-7(3-5-8)6-9(14)15/h2-5H,6H2,1H3,(H,14,15)(H3,11,12,13). The molecule has 0 fully saturated rings. The number of guanidine groups is 1. The molecule has 0 radical (unpaired) electrons. The number of aliphatic carboxylic acids is 1. The van der Waals surface area contributed by atoms with Crippen molar-refractivity contribution in [1.29, 1.82) is 5.41 Å². The molecule has 0 aromatic heterocycles. The first-order valence-corrected chi connectivity index (χ1v) is 4.46. The minimum atomic E-state index is -0.848. The van der Waals surface area contributed by atoms with Crippen LogP contribution in [0.2, 0.25) is 0 Å². The Morgan fingerprint density at radius 3 is 2.47 bits per heavy atom. The number of anilines is 1. The van der Waals surface area contributed by atoms with Gasteiger partial charge in [0, 0.05) is 12.7 Å². The van der Waals surface area contributed by atoms with Crippen molar-refractivity contribution in [1.82, 2.24) is 5.32 Å². The summed E-state index contributed by atoms with van der Waals surface area (Å²) in [6.07, 6.45) is 0.0176. The number of hydrogen-bond acceptors (Lipinski definition) is 2.